The largest absolute Gasteiger partial charge is 0.496 e. The lowest BCUT2D eigenvalue weighted by molar-refractivity contribution is 0.251. The minimum atomic E-state index is -0.00704. The molecule has 1 aliphatic rings. The van der Waals surface area contributed by atoms with Gasteiger partial charge >= 0.3 is 0 Å². The van der Waals surface area contributed by atoms with Crippen molar-refractivity contribution in [3.05, 3.63) is 126 Å². The van der Waals surface area contributed by atoms with Crippen LogP contribution in [0.3, 0.4) is 0 Å². The highest BCUT2D eigenvalue weighted by molar-refractivity contribution is 5.37. The van der Waals surface area contributed by atoms with Crippen LogP contribution in [0, 0.1) is 42.4 Å². The molecular weight excluding hydrogens is 560 g/mol. The monoisotopic (exact) mass is 622 g/mol. The number of ether oxygens (including phenoxy) is 1. The number of allylic oxidation sites excluding steroid dienone is 3. The number of benzene rings is 2. The quantitative estimate of drug-likeness (QED) is 0.273. The second-order valence-electron chi connectivity index (χ2n) is 14.5. The average Bonchev–Trinajstić information content (AvgIpc) is 3.01. The van der Waals surface area contributed by atoms with Gasteiger partial charge in [0.05, 0.1) is 13.2 Å². The summed E-state index contributed by atoms with van der Waals surface area (Å²) in [7, 11) is 1.72. The van der Waals surface area contributed by atoms with Crippen LogP contribution >= 0.6 is 0 Å². The Hall–Kier alpha value is -3.46. The summed E-state index contributed by atoms with van der Waals surface area (Å²) in [5.41, 5.74) is 8.34. The van der Waals surface area contributed by atoms with Gasteiger partial charge in [0.15, 0.2) is 0 Å². The highest BCUT2D eigenvalue weighted by atomic mass is 16.5. The zero-order chi connectivity index (χ0) is 33.8. The third kappa shape index (κ3) is 11.4. The smallest absolute Gasteiger partial charge is 0.121 e. The molecule has 0 radical (unpaired) electrons. The second kappa shape index (κ2) is 18.0. The Labute approximate surface area is 282 Å². The van der Waals surface area contributed by atoms with Gasteiger partial charge in [0.25, 0.3) is 0 Å². The van der Waals surface area contributed by atoms with Crippen molar-refractivity contribution >= 4 is 0 Å². The Morgan fingerprint density at radius 2 is 1.63 bits per heavy atom. The molecule has 46 heavy (non-hydrogen) atoms. The molecule has 0 aromatic heterocycles. The van der Waals surface area contributed by atoms with E-state index in [1.165, 1.54) is 22.3 Å². The number of aryl methyl sites for hydroxylation is 1. The molecule has 0 amide bonds. The lowest BCUT2D eigenvalue weighted by atomic mass is 9.73. The predicted octanol–water partition coefficient (Wildman–Crippen LogP) is 10.4. The molecule has 3 nitrogen and oxygen atoms in total. The van der Waals surface area contributed by atoms with Gasteiger partial charge < -0.3 is 15.4 Å². The highest BCUT2D eigenvalue weighted by Crippen LogP contribution is 2.37. The summed E-state index contributed by atoms with van der Waals surface area (Å²) in [5.74, 6) is 3.88. The summed E-state index contributed by atoms with van der Waals surface area (Å²) >= 11 is 0. The van der Waals surface area contributed by atoms with Crippen LogP contribution in [0.15, 0.2) is 110 Å². The van der Waals surface area contributed by atoms with E-state index in [4.69, 9.17) is 11.3 Å². The summed E-state index contributed by atoms with van der Waals surface area (Å²) < 4.78 is 5.51. The molecule has 6 atom stereocenters. The van der Waals surface area contributed by atoms with Crippen molar-refractivity contribution in [2.24, 2.45) is 35.5 Å². The van der Waals surface area contributed by atoms with Crippen molar-refractivity contribution in [1.82, 2.24) is 10.6 Å². The molecular formula is C43H62N2O. The molecule has 3 rings (SSSR count). The second-order valence-corrected chi connectivity index (χ2v) is 14.5. The zero-order valence-electron chi connectivity index (χ0n) is 30.0. The van der Waals surface area contributed by atoms with E-state index in [1.54, 1.807) is 7.11 Å². The van der Waals surface area contributed by atoms with E-state index < -0.39 is 0 Å². The third-order valence-electron chi connectivity index (χ3n) is 10.2. The Balaban J connectivity index is 1.89. The van der Waals surface area contributed by atoms with Crippen molar-refractivity contribution in [3.63, 3.8) is 0 Å². The van der Waals surface area contributed by atoms with E-state index in [0.717, 1.165) is 67.8 Å². The minimum absolute atomic E-state index is 0.00704. The van der Waals surface area contributed by atoms with E-state index in [9.17, 15) is 0 Å². The molecule has 1 heterocycles. The molecule has 2 aromatic rings. The van der Waals surface area contributed by atoms with Gasteiger partial charge in [0.2, 0.25) is 0 Å². The van der Waals surface area contributed by atoms with Crippen molar-refractivity contribution in [3.8, 4) is 5.75 Å². The molecule has 0 saturated heterocycles. The Kier molecular flexibility index (Phi) is 14.5. The van der Waals surface area contributed by atoms with Crippen molar-refractivity contribution < 1.29 is 4.74 Å². The molecule has 250 valence electrons. The molecule has 0 fully saturated rings. The van der Waals surface area contributed by atoms with Crippen LogP contribution in [-0.2, 0) is 12.8 Å². The van der Waals surface area contributed by atoms with E-state index >= 15 is 0 Å². The molecule has 2 N–H and O–H groups in total. The molecule has 2 aromatic carbocycles. The first-order valence-corrected chi connectivity index (χ1v) is 17.4. The zero-order valence-corrected chi connectivity index (χ0v) is 30.0. The van der Waals surface area contributed by atoms with E-state index in [1.807, 2.05) is 0 Å². The van der Waals surface area contributed by atoms with Crippen molar-refractivity contribution in [2.45, 2.75) is 86.1 Å². The number of methoxy groups -OCH3 is 1. The molecule has 0 aliphatic carbocycles. The first-order chi connectivity index (χ1) is 21.9. The van der Waals surface area contributed by atoms with Gasteiger partial charge in [-0.15, -0.1) is 0 Å². The third-order valence-corrected chi connectivity index (χ3v) is 10.2. The standard InChI is InChI=1S/C43H62N2O/c1-29(2)22-41-25-30(3)34(7)28-44-37(10)42(27-39-20-21-43(46-11)33(6)24-39)45-35(8)16-15-19-40(26-32(41)5)36(9)31(4)23-38-17-13-12-14-18-38/h12-18,20-21,24,29,31,34,36,40-42,44-45H,3,5,8,10,19,22-23,25-28H2,1-2,4,6-7,9,11H3/b16-15+/t31?,34?,36?,40-,41?,42-/m1/s1. The van der Waals surface area contributed by atoms with E-state index in [-0.39, 0.29) is 6.04 Å². The van der Waals surface area contributed by atoms with Gasteiger partial charge in [0.1, 0.15) is 5.75 Å². The number of nitrogens with one attached hydrogen (secondary N) is 2. The molecule has 3 heteroatoms. The minimum Gasteiger partial charge on any atom is -0.496 e. The maximum atomic E-state index is 5.51. The molecule has 0 spiro atoms. The number of hydrogen-bond acceptors (Lipinski definition) is 3. The SMILES string of the molecule is C=C1/C=C/C[C@@H](C(C)C(C)Cc2ccccc2)CC(=C)C(CC(C)C)CC(=C)C(C)CNC(=C)[C@@H](Cc2ccc(OC)c(C)c2)N1. The van der Waals surface area contributed by atoms with Crippen LogP contribution in [-0.4, -0.2) is 19.7 Å². The van der Waals surface area contributed by atoms with Crippen LogP contribution in [0.4, 0.5) is 0 Å². The number of hydrogen-bond donors (Lipinski definition) is 2. The highest BCUT2D eigenvalue weighted by Gasteiger charge is 2.27. The van der Waals surface area contributed by atoms with Crippen LogP contribution in [0.5, 0.6) is 5.75 Å². The van der Waals surface area contributed by atoms with Crippen LogP contribution < -0.4 is 15.4 Å². The van der Waals surface area contributed by atoms with Gasteiger partial charge in [0, 0.05) is 17.9 Å². The molecule has 0 saturated carbocycles. The summed E-state index contributed by atoms with van der Waals surface area (Å²) in [4.78, 5) is 0. The van der Waals surface area contributed by atoms with Gasteiger partial charge in [-0.05, 0) is 110 Å². The van der Waals surface area contributed by atoms with Crippen LogP contribution in [0.1, 0.15) is 77.0 Å². The normalized spacial score (nSPS) is 24.2. The van der Waals surface area contributed by atoms with Crippen molar-refractivity contribution in [2.75, 3.05) is 13.7 Å². The lowest BCUT2D eigenvalue weighted by Gasteiger charge is -2.33. The summed E-state index contributed by atoms with van der Waals surface area (Å²) in [6.07, 6.45) is 10.6. The van der Waals surface area contributed by atoms with Crippen LogP contribution in [0.25, 0.3) is 0 Å². The van der Waals surface area contributed by atoms with Gasteiger partial charge in [-0.1, -0.05) is 121 Å². The van der Waals surface area contributed by atoms with E-state index in [2.05, 4.69) is 133 Å². The fourth-order valence-corrected chi connectivity index (χ4v) is 6.88. The lowest BCUT2D eigenvalue weighted by Crippen LogP contribution is -2.38. The maximum Gasteiger partial charge on any atom is 0.121 e. The Morgan fingerprint density at radius 3 is 2.28 bits per heavy atom. The maximum absolute atomic E-state index is 5.51. The fourth-order valence-electron chi connectivity index (χ4n) is 6.88. The summed E-state index contributed by atoms with van der Waals surface area (Å²) in [6, 6.07) is 17.3. The summed E-state index contributed by atoms with van der Waals surface area (Å²) in [6.45, 7) is 33.0. The Bertz CT molecular complexity index is 1340. The fraction of sp³-hybridized carbons (Fsp3) is 0.488. The predicted molar refractivity (Wildman–Crippen MR) is 200 cm³/mol. The van der Waals surface area contributed by atoms with Crippen molar-refractivity contribution in [1.29, 1.82) is 0 Å². The first kappa shape index (κ1) is 37.0. The average molecular weight is 623 g/mol. The van der Waals surface area contributed by atoms with Gasteiger partial charge in [-0.2, -0.15) is 0 Å². The summed E-state index contributed by atoms with van der Waals surface area (Å²) in [5, 5.41) is 7.36. The molecule has 1 aliphatic heterocycles. The number of rotatable bonds is 9. The van der Waals surface area contributed by atoms with Gasteiger partial charge in [-0.25, -0.2) is 0 Å². The van der Waals surface area contributed by atoms with Crippen LogP contribution in [0.2, 0.25) is 0 Å². The Morgan fingerprint density at radius 1 is 0.913 bits per heavy atom. The van der Waals surface area contributed by atoms with Gasteiger partial charge in [-0.3, -0.25) is 0 Å². The first-order valence-electron chi connectivity index (χ1n) is 17.4. The molecule has 4 unspecified atom stereocenters. The topological polar surface area (TPSA) is 33.3 Å². The molecule has 0 bridgehead atoms. The van der Waals surface area contributed by atoms with E-state index in [0.29, 0.717) is 35.5 Å².